The van der Waals surface area contributed by atoms with Gasteiger partial charge in [0.2, 0.25) is 0 Å². The average molecular weight is 715 g/mol. The molecule has 0 unspecified atom stereocenters. The minimum Gasteiger partial charge on any atom is -0.478 e. The molecule has 0 amide bonds. The Morgan fingerprint density at radius 1 is 0.811 bits per heavy atom. The lowest BCUT2D eigenvalue weighted by atomic mass is 9.98. The highest BCUT2D eigenvalue weighted by atomic mass is 16.5. The summed E-state index contributed by atoms with van der Waals surface area (Å²) in [6.45, 7) is 5.22. The van der Waals surface area contributed by atoms with Crippen LogP contribution in [0.1, 0.15) is 41.5 Å². The van der Waals surface area contributed by atoms with E-state index in [9.17, 15) is 19.5 Å². The zero-order chi connectivity index (χ0) is 37.6. The van der Waals surface area contributed by atoms with Gasteiger partial charge in [-0.15, -0.1) is 0 Å². The van der Waals surface area contributed by atoms with Gasteiger partial charge in [-0.1, -0.05) is 36.4 Å². The Hall–Kier alpha value is -6.97. The maximum atomic E-state index is 12.4. The van der Waals surface area contributed by atoms with Crippen molar-refractivity contribution >= 4 is 62.0 Å². The number of aryl methyl sites for hydroxylation is 2. The summed E-state index contributed by atoms with van der Waals surface area (Å²) in [6, 6.07) is 15.6. The Morgan fingerprint density at radius 3 is 1.94 bits per heavy atom. The van der Waals surface area contributed by atoms with Crippen LogP contribution in [0.25, 0.3) is 66.9 Å². The van der Waals surface area contributed by atoms with Gasteiger partial charge in [0.1, 0.15) is 44.9 Å². The van der Waals surface area contributed by atoms with Crippen LogP contribution in [0, 0.1) is 5.41 Å². The summed E-state index contributed by atoms with van der Waals surface area (Å²) in [6.07, 6.45) is 6.12. The minimum atomic E-state index is -1.04. The lowest BCUT2D eigenvalue weighted by Gasteiger charge is -2.16. The topological polar surface area (TPSA) is 198 Å². The standard InChI is InChI=1S/C22H23N5O4.C15H11N5O2/c1-22(2,3)21(29)31-12-27-11-14(20(28)30-5)18-19(27)23-10-15(24-18)17-13-8-6-7-9-16(13)26(4)25-17;1-20-11-5-3-2-4-8(11)12(19-20)10-7-17-14-13(18-10)9(6-16-14)15(21)22/h6-11H,12H2,1-5H3;2-7H,1H3,(H,16,17)(H,21,22). The fourth-order valence-electron chi connectivity index (χ4n) is 5.84. The Kier molecular flexibility index (Phi) is 8.65. The van der Waals surface area contributed by atoms with E-state index in [2.05, 4.69) is 35.1 Å². The highest BCUT2D eigenvalue weighted by Gasteiger charge is 2.25. The number of methoxy groups -OCH3 is 1. The van der Waals surface area contributed by atoms with Crippen LogP contribution in [-0.4, -0.2) is 79.2 Å². The lowest BCUT2D eigenvalue weighted by Crippen LogP contribution is -2.24. The first-order chi connectivity index (χ1) is 25.3. The minimum absolute atomic E-state index is 0.0931. The number of benzene rings is 2. The summed E-state index contributed by atoms with van der Waals surface area (Å²) in [5, 5.41) is 20.1. The highest BCUT2D eigenvalue weighted by Crippen LogP contribution is 2.30. The van der Waals surface area contributed by atoms with Crippen LogP contribution in [0.15, 0.2) is 73.3 Å². The van der Waals surface area contributed by atoms with Crippen molar-refractivity contribution in [1.29, 1.82) is 0 Å². The van der Waals surface area contributed by atoms with Gasteiger partial charge >= 0.3 is 17.9 Å². The van der Waals surface area contributed by atoms with Gasteiger partial charge in [-0.25, -0.2) is 29.5 Å². The number of H-pyrrole nitrogens is 1. The number of fused-ring (bicyclic) bond motifs is 4. The summed E-state index contributed by atoms with van der Waals surface area (Å²) in [5.74, 6) is -1.95. The van der Waals surface area contributed by atoms with Gasteiger partial charge in [-0.3, -0.25) is 18.7 Å². The largest absolute Gasteiger partial charge is 0.478 e. The van der Waals surface area contributed by atoms with E-state index >= 15 is 0 Å². The molecule has 0 saturated heterocycles. The fraction of sp³-hybridized carbons (Fsp3) is 0.216. The van der Waals surface area contributed by atoms with Crippen LogP contribution in [0.3, 0.4) is 0 Å². The second kappa shape index (κ2) is 13.3. The molecule has 16 nitrogen and oxygen atoms in total. The average Bonchev–Trinajstić information content (AvgIpc) is 3.92. The monoisotopic (exact) mass is 714 g/mol. The summed E-state index contributed by atoms with van der Waals surface area (Å²) >= 11 is 0. The molecule has 8 aromatic rings. The van der Waals surface area contributed by atoms with Crippen molar-refractivity contribution in [3.8, 4) is 22.8 Å². The molecule has 0 radical (unpaired) electrons. The Labute approximate surface area is 301 Å². The molecule has 0 fully saturated rings. The molecule has 16 heteroatoms. The number of carboxylic acid groups (broad SMARTS) is 1. The summed E-state index contributed by atoms with van der Waals surface area (Å²) in [5.41, 5.74) is 5.59. The third kappa shape index (κ3) is 6.30. The number of aromatic carboxylic acids is 1. The molecule has 8 rings (SSSR count). The van der Waals surface area contributed by atoms with Gasteiger partial charge < -0.3 is 19.6 Å². The van der Waals surface area contributed by atoms with E-state index < -0.39 is 17.4 Å². The maximum absolute atomic E-state index is 12.4. The molecule has 268 valence electrons. The van der Waals surface area contributed by atoms with Gasteiger partial charge in [0.15, 0.2) is 18.0 Å². The van der Waals surface area contributed by atoms with Crippen LogP contribution in [-0.2, 0) is 35.1 Å². The predicted octanol–water partition coefficient (Wildman–Crippen LogP) is 5.53. The van der Waals surface area contributed by atoms with Gasteiger partial charge in [0.05, 0.1) is 36.0 Å². The van der Waals surface area contributed by atoms with Crippen molar-refractivity contribution in [3.63, 3.8) is 0 Å². The maximum Gasteiger partial charge on any atom is 0.341 e. The number of aromatic nitrogens is 10. The third-order valence-corrected chi connectivity index (χ3v) is 8.53. The van der Waals surface area contributed by atoms with Crippen LogP contribution in [0.5, 0.6) is 0 Å². The molecule has 0 aliphatic rings. The number of rotatable bonds is 6. The van der Waals surface area contributed by atoms with Crippen molar-refractivity contribution < 1.29 is 29.0 Å². The number of nitrogens with zero attached hydrogens (tertiary/aromatic N) is 9. The number of hydrogen-bond donors (Lipinski definition) is 2. The van der Waals surface area contributed by atoms with Gasteiger partial charge in [0.25, 0.3) is 0 Å². The van der Waals surface area contributed by atoms with Gasteiger partial charge in [-0.2, -0.15) is 10.2 Å². The first-order valence-electron chi connectivity index (χ1n) is 16.4. The molecule has 2 N–H and O–H groups in total. The molecule has 0 atom stereocenters. The highest BCUT2D eigenvalue weighted by molar-refractivity contribution is 6.03. The molecule has 0 bridgehead atoms. The van der Waals surface area contributed by atoms with E-state index in [4.69, 9.17) is 9.47 Å². The van der Waals surface area contributed by atoms with E-state index in [1.165, 1.54) is 19.5 Å². The molecule has 6 heterocycles. The van der Waals surface area contributed by atoms with Crippen LogP contribution in [0.4, 0.5) is 0 Å². The van der Waals surface area contributed by atoms with Crippen molar-refractivity contribution in [1.82, 2.24) is 49.0 Å². The van der Waals surface area contributed by atoms with Crippen molar-refractivity contribution in [2.24, 2.45) is 19.5 Å². The predicted molar refractivity (Wildman–Crippen MR) is 195 cm³/mol. The normalized spacial score (nSPS) is 11.6. The first kappa shape index (κ1) is 34.5. The smallest absolute Gasteiger partial charge is 0.341 e. The lowest BCUT2D eigenvalue weighted by molar-refractivity contribution is -0.156. The summed E-state index contributed by atoms with van der Waals surface area (Å²) in [4.78, 5) is 56.4. The SMILES string of the molecule is COC(=O)c1cn(COC(=O)C(C)(C)C)c2ncc(-c3nn(C)c4ccccc34)nc12.Cn1nc(-c2cnc3[nH]cc(C(=O)O)c3n2)c2ccccc21. The fourth-order valence-corrected chi connectivity index (χ4v) is 5.84. The van der Waals surface area contributed by atoms with Crippen LogP contribution >= 0.6 is 0 Å². The molecular weight excluding hydrogens is 680 g/mol. The number of nitrogens with one attached hydrogen (secondary N) is 1. The molecule has 0 aliphatic carbocycles. The molecule has 0 saturated carbocycles. The molecule has 6 aromatic heterocycles. The molecular formula is C37H34N10O6. The Bertz CT molecular complexity index is 2710. The number of carboxylic acids is 1. The molecule has 53 heavy (non-hydrogen) atoms. The van der Waals surface area contributed by atoms with Crippen molar-refractivity contribution in [2.45, 2.75) is 27.5 Å². The molecule has 0 spiro atoms. The third-order valence-electron chi connectivity index (χ3n) is 8.53. The number of aromatic amines is 1. The number of ether oxygens (including phenoxy) is 2. The van der Waals surface area contributed by atoms with Gasteiger partial charge in [0, 0.05) is 37.3 Å². The summed E-state index contributed by atoms with van der Waals surface area (Å²) < 4.78 is 15.4. The second-order valence-corrected chi connectivity index (χ2v) is 13.2. The van der Waals surface area contributed by atoms with E-state index in [1.54, 1.807) is 47.1 Å². The number of para-hydroxylation sites is 2. The van der Waals surface area contributed by atoms with Crippen LogP contribution < -0.4 is 0 Å². The molecule has 0 aliphatic heterocycles. The molecule has 2 aromatic carbocycles. The number of carbonyl (C=O) groups excluding carboxylic acids is 2. The number of hydrogen-bond acceptors (Lipinski definition) is 11. The van der Waals surface area contributed by atoms with E-state index in [0.717, 1.165) is 21.8 Å². The van der Waals surface area contributed by atoms with E-state index in [1.807, 2.05) is 62.6 Å². The second-order valence-electron chi connectivity index (χ2n) is 13.2. The Morgan fingerprint density at radius 2 is 1.38 bits per heavy atom. The van der Waals surface area contributed by atoms with Crippen LogP contribution in [0.2, 0.25) is 0 Å². The zero-order valence-corrected chi connectivity index (χ0v) is 29.6. The number of carbonyl (C=O) groups is 3. The van der Waals surface area contributed by atoms with E-state index in [0.29, 0.717) is 45.1 Å². The number of esters is 2. The quantitative estimate of drug-likeness (QED) is 0.205. The van der Waals surface area contributed by atoms with Crippen molar-refractivity contribution in [2.75, 3.05) is 7.11 Å². The van der Waals surface area contributed by atoms with Crippen molar-refractivity contribution in [3.05, 3.63) is 84.4 Å². The summed E-state index contributed by atoms with van der Waals surface area (Å²) in [7, 11) is 5.02. The van der Waals surface area contributed by atoms with E-state index in [-0.39, 0.29) is 23.8 Å². The van der Waals surface area contributed by atoms with Gasteiger partial charge in [-0.05, 0) is 32.9 Å². The Balaban J connectivity index is 0.000000173. The first-order valence-corrected chi connectivity index (χ1v) is 16.4. The zero-order valence-electron chi connectivity index (χ0n) is 29.6.